The van der Waals surface area contributed by atoms with Gasteiger partial charge in [-0.3, -0.25) is 9.78 Å². The number of hydrogen-bond donors (Lipinski definition) is 0. The summed E-state index contributed by atoms with van der Waals surface area (Å²) in [4.78, 5) is 30.7. The molecule has 0 atom stereocenters. The van der Waals surface area contributed by atoms with Crippen LogP contribution in [0.5, 0.6) is 11.5 Å². The molecule has 10 bridgehead atoms. The molecule has 15 rings (SSSR count). The van der Waals surface area contributed by atoms with E-state index in [4.69, 9.17) is 14.5 Å². The maximum atomic E-state index is 15.5. The summed E-state index contributed by atoms with van der Waals surface area (Å²) in [5.74, 6) is 6.11. The Morgan fingerprint density at radius 3 is 1.25 bits per heavy atom. The smallest absolute Gasteiger partial charge is 0.407 e. The second-order valence-corrected chi connectivity index (χ2v) is 26.3. The number of aryl methyl sites for hydroxylation is 1. The van der Waals surface area contributed by atoms with Gasteiger partial charge in [-0.25, -0.2) is 0 Å². The quantitative estimate of drug-likeness (QED) is 0.128. The van der Waals surface area contributed by atoms with Crippen LogP contribution in [-0.4, -0.2) is 6.09 Å². The third-order valence-electron chi connectivity index (χ3n) is 19.2. The zero-order chi connectivity index (χ0) is 49.3. The molecule has 0 amide bonds. The molecule has 0 unspecified atom stereocenters. The highest BCUT2D eigenvalue weighted by atomic mass is 17.2. The van der Waals surface area contributed by atoms with Gasteiger partial charge in [0, 0.05) is 34.4 Å². The first-order chi connectivity index (χ1) is 34.6. The number of carbonyl (C=O) groups is 1. The largest absolute Gasteiger partial charge is 0.603 e. The predicted octanol–water partition coefficient (Wildman–Crippen LogP) is 16.6. The summed E-state index contributed by atoms with van der Waals surface area (Å²) in [7, 11) is 0. The van der Waals surface area contributed by atoms with Gasteiger partial charge in [0.2, 0.25) is 11.4 Å². The van der Waals surface area contributed by atoms with Crippen LogP contribution >= 0.6 is 0 Å². The fourth-order valence-electron chi connectivity index (χ4n) is 16.6. The molecule has 5 aromatic carbocycles. The number of rotatable bonds is 5. The van der Waals surface area contributed by atoms with E-state index >= 15 is 4.79 Å². The number of aromatic nitrogens is 1. The summed E-state index contributed by atoms with van der Waals surface area (Å²) in [6.45, 7) is 16.5. The summed E-state index contributed by atoms with van der Waals surface area (Å²) < 4.78 is 8.37. The van der Waals surface area contributed by atoms with E-state index in [0.717, 1.165) is 109 Å². The number of pyridine rings is 1. The lowest BCUT2D eigenvalue weighted by atomic mass is 9.47. The number of nitrogens with zero attached hydrogens (tertiary/aromatic N) is 1. The molecule has 2 heterocycles. The first-order valence-electron chi connectivity index (χ1n) is 27.9. The van der Waals surface area contributed by atoms with Gasteiger partial charge in [0.05, 0.1) is 11.1 Å². The molecule has 1 aliphatic heterocycles. The Balaban J connectivity index is 1.15. The lowest BCUT2D eigenvalue weighted by Crippen LogP contribution is -2.49. The second kappa shape index (κ2) is 16.9. The van der Waals surface area contributed by atoms with E-state index in [9.17, 15) is 0 Å². The van der Waals surface area contributed by atoms with Crippen molar-refractivity contribution in [1.82, 2.24) is 0 Å². The van der Waals surface area contributed by atoms with Crippen molar-refractivity contribution >= 4 is 6.09 Å². The van der Waals surface area contributed by atoms with Crippen molar-refractivity contribution in [3.63, 3.8) is 0 Å². The summed E-state index contributed by atoms with van der Waals surface area (Å²) in [5, 5.41) is 0. The molecule has 1 aromatic heterocycles. The Hall–Kier alpha value is -5.68. The SMILES string of the molecule is CCc1cc2[n+](C(=O)OCc3ccccc3)c(c1)-c1ccccc1-c1cc(C(C)(C)C)cc(C34CC5CC(CC(C5)C3)C4)c1OOc1c(cc(C(C)(C)C)cc1C13CC4CC(CC(C4)C1)C3)-c1ccccc1-2. The maximum Gasteiger partial charge on any atom is 0.603 e. The molecule has 9 aliphatic rings. The fraction of sp³-hybridized carbons (Fsp3) is 0.463. The van der Waals surface area contributed by atoms with E-state index in [0.29, 0.717) is 0 Å². The number of ether oxygens (including phenoxy) is 1. The number of hydrogen-bond acceptors (Lipinski definition) is 4. The number of carbonyl (C=O) groups excluding carboxylic acids is 1. The van der Waals surface area contributed by atoms with E-state index < -0.39 is 6.09 Å². The van der Waals surface area contributed by atoms with E-state index in [1.807, 2.05) is 34.9 Å². The zero-order valence-corrected chi connectivity index (χ0v) is 43.9. The fourth-order valence-corrected chi connectivity index (χ4v) is 16.6. The van der Waals surface area contributed by atoms with Gasteiger partial charge in [0.25, 0.3) is 0 Å². The molecular weight excluding hydrogens is 883 g/mol. The van der Waals surface area contributed by atoms with E-state index in [1.165, 1.54) is 99.3 Å². The Bertz CT molecular complexity index is 2880. The molecular formula is C67H74NO4+. The Morgan fingerprint density at radius 1 is 0.500 bits per heavy atom. The molecule has 8 saturated carbocycles. The van der Waals surface area contributed by atoms with Crippen LogP contribution < -0.4 is 14.3 Å². The molecule has 8 fully saturated rings. The van der Waals surface area contributed by atoms with Crippen LogP contribution in [0.25, 0.3) is 44.8 Å². The van der Waals surface area contributed by atoms with Gasteiger partial charge in [0.1, 0.15) is 6.61 Å². The van der Waals surface area contributed by atoms with Gasteiger partial charge < -0.3 is 4.74 Å². The van der Waals surface area contributed by atoms with Crippen LogP contribution in [0.1, 0.15) is 159 Å². The van der Waals surface area contributed by atoms with Gasteiger partial charge in [-0.1, -0.05) is 132 Å². The highest BCUT2D eigenvalue weighted by Gasteiger charge is 2.55. The lowest BCUT2D eigenvalue weighted by molar-refractivity contribution is -0.563. The zero-order valence-electron chi connectivity index (χ0n) is 43.9. The predicted molar refractivity (Wildman–Crippen MR) is 288 cm³/mol. The van der Waals surface area contributed by atoms with Crippen molar-refractivity contribution in [2.24, 2.45) is 35.5 Å². The molecule has 0 saturated heterocycles. The van der Waals surface area contributed by atoms with Crippen molar-refractivity contribution in [2.45, 2.75) is 160 Å². The van der Waals surface area contributed by atoms with Crippen molar-refractivity contribution < 1.29 is 23.9 Å². The van der Waals surface area contributed by atoms with Gasteiger partial charge in [-0.15, -0.1) is 0 Å². The average molecular weight is 957 g/mol. The normalized spacial score (nSPS) is 27.5. The van der Waals surface area contributed by atoms with Crippen molar-refractivity contribution in [1.29, 1.82) is 0 Å². The van der Waals surface area contributed by atoms with Crippen molar-refractivity contribution in [3.8, 4) is 56.3 Å². The highest BCUT2D eigenvalue weighted by Crippen LogP contribution is 2.65. The minimum atomic E-state index is -0.408. The maximum absolute atomic E-state index is 15.5. The van der Waals surface area contributed by atoms with Crippen molar-refractivity contribution in [3.05, 3.63) is 149 Å². The minimum Gasteiger partial charge on any atom is -0.407 e. The minimum absolute atomic E-state index is 0.0168. The molecule has 5 heteroatoms. The molecule has 6 aromatic rings. The van der Waals surface area contributed by atoms with E-state index in [1.54, 1.807) is 0 Å². The molecule has 370 valence electrons. The van der Waals surface area contributed by atoms with Gasteiger partial charge in [-0.2, -0.15) is 4.79 Å². The summed E-state index contributed by atoms with van der Waals surface area (Å²) >= 11 is 0. The van der Waals surface area contributed by atoms with Crippen LogP contribution in [0.4, 0.5) is 4.79 Å². The molecule has 0 spiro atoms. The molecule has 72 heavy (non-hydrogen) atoms. The molecule has 5 nitrogen and oxygen atoms in total. The van der Waals surface area contributed by atoms with Crippen LogP contribution in [0.2, 0.25) is 0 Å². The third-order valence-corrected chi connectivity index (χ3v) is 19.2. The van der Waals surface area contributed by atoms with E-state index in [-0.39, 0.29) is 28.3 Å². The van der Waals surface area contributed by atoms with Gasteiger partial charge >= 0.3 is 6.09 Å². The van der Waals surface area contributed by atoms with Crippen molar-refractivity contribution in [2.75, 3.05) is 0 Å². The topological polar surface area (TPSA) is 48.6 Å². The highest BCUT2D eigenvalue weighted by molar-refractivity contribution is 5.90. The van der Waals surface area contributed by atoms with Gasteiger partial charge in [0.15, 0.2) is 11.5 Å². The summed E-state index contributed by atoms with van der Waals surface area (Å²) in [6.07, 6.45) is 15.7. The first-order valence-corrected chi connectivity index (χ1v) is 27.9. The van der Waals surface area contributed by atoms with Crippen LogP contribution in [-0.2, 0) is 39.4 Å². The molecule has 0 radical (unpaired) electrons. The average Bonchev–Trinajstić information content (AvgIpc) is 3.35. The summed E-state index contributed by atoms with van der Waals surface area (Å²) in [6, 6.07) is 41.9. The monoisotopic (exact) mass is 957 g/mol. The molecule has 8 aliphatic carbocycles. The van der Waals surface area contributed by atoms with E-state index in [2.05, 4.69) is 133 Å². The lowest BCUT2D eigenvalue weighted by Gasteiger charge is -2.57. The Kier molecular flexibility index (Phi) is 10.9. The third kappa shape index (κ3) is 7.76. The first kappa shape index (κ1) is 46.1. The Labute approximate surface area is 428 Å². The Morgan fingerprint density at radius 2 is 0.875 bits per heavy atom. The van der Waals surface area contributed by atoms with Crippen LogP contribution in [0.3, 0.4) is 0 Å². The summed E-state index contributed by atoms with van der Waals surface area (Å²) in [5.41, 5.74) is 14.6. The molecule has 0 N–H and O–H groups in total. The van der Waals surface area contributed by atoms with Crippen LogP contribution in [0, 0.1) is 35.5 Å². The van der Waals surface area contributed by atoms with Gasteiger partial charge in [-0.05, 0) is 198 Å². The standard InChI is InChI=1S/C67H74NO4/c1-8-41-28-59-53-20-14-12-18-51(53)55-30-49(64(2,3)4)32-57(66-34-43-22-44(35-66)24-45(23-43)36-66)61(55)71-72-62-56(31-50(65(5,6)7)33-58(62)67-37-46-25-47(38-67)27-48(26-46)39-67)52-19-13-15-21-54(52)60(29-41)68(59)63(69)70-40-42-16-10-9-11-17-42/h9-21,28-33,43-48H,8,22-27,34-40H2,1-7H3/q+1. The second-order valence-electron chi connectivity index (χ2n) is 26.3. The number of fused-ring (bicyclic) bond motifs is 10. The number of benzene rings is 5. The van der Waals surface area contributed by atoms with Crippen LogP contribution in [0.15, 0.2) is 115 Å².